The van der Waals surface area contributed by atoms with Gasteiger partial charge in [-0.1, -0.05) is 30.1 Å². The van der Waals surface area contributed by atoms with E-state index in [0.717, 1.165) is 38.2 Å². The van der Waals surface area contributed by atoms with Gasteiger partial charge in [0.1, 0.15) is 0 Å². The van der Waals surface area contributed by atoms with Crippen LogP contribution < -0.4 is 5.32 Å². The molecule has 0 aliphatic carbocycles. The van der Waals surface area contributed by atoms with E-state index in [-0.39, 0.29) is 10.0 Å². The molecule has 2 rings (SSSR count). The van der Waals surface area contributed by atoms with Gasteiger partial charge in [-0.2, -0.15) is 0 Å². The summed E-state index contributed by atoms with van der Waals surface area (Å²) in [4.78, 5) is 2.45. The maximum Gasteiger partial charge on any atom is 0.160 e. The van der Waals surface area contributed by atoms with E-state index >= 15 is 0 Å². The Morgan fingerprint density at radius 2 is 1.95 bits per heavy atom. The molecule has 1 unspecified atom stereocenters. The van der Waals surface area contributed by atoms with Gasteiger partial charge < -0.3 is 10.2 Å². The minimum Gasteiger partial charge on any atom is -0.382 e. The third-order valence-electron chi connectivity index (χ3n) is 3.62. The standard InChI is InChI=1S/C14H19Cl2FN2/c1-2-19-6-3-4-10(5-7-19)18-11-8-12(15)14(17)13(16)9-11/h8-10,18H,2-7H2,1H3. The molecule has 0 saturated carbocycles. The van der Waals surface area contributed by atoms with E-state index in [0.29, 0.717) is 6.04 Å². The first kappa shape index (κ1) is 14.9. The number of benzene rings is 1. The summed E-state index contributed by atoms with van der Waals surface area (Å²) in [6.45, 7) is 5.53. The van der Waals surface area contributed by atoms with Crippen LogP contribution in [0.25, 0.3) is 0 Å². The topological polar surface area (TPSA) is 15.3 Å². The van der Waals surface area contributed by atoms with Crippen LogP contribution in [0.4, 0.5) is 10.1 Å². The van der Waals surface area contributed by atoms with Crippen LogP contribution in [-0.4, -0.2) is 30.6 Å². The van der Waals surface area contributed by atoms with Crippen molar-refractivity contribution in [2.24, 2.45) is 0 Å². The quantitative estimate of drug-likeness (QED) is 0.832. The van der Waals surface area contributed by atoms with Gasteiger partial charge in [-0.15, -0.1) is 0 Å². The zero-order valence-electron chi connectivity index (χ0n) is 11.1. The van der Waals surface area contributed by atoms with E-state index in [2.05, 4.69) is 17.1 Å². The van der Waals surface area contributed by atoms with Crippen molar-refractivity contribution in [2.45, 2.75) is 32.2 Å². The van der Waals surface area contributed by atoms with Crippen molar-refractivity contribution in [3.63, 3.8) is 0 Å². The van der Waals surface area contributed by atoms with Crippen LogP contribution in [0, 0.1) is 5.82 Å². The van der Waals surface area contributed by atoms with Crippen LogP contribution >= 0.6 is 23.2 Å². The van der Waals surface area contributed by atoms with Gasteiger partial charge >= 0.3 is 0 Å². The van der Waals surface area contributed by atoms with Gasteiger partial charge in [-0.3, -0.25) is 0 Å². The van der Waals surface area contributed by atoms with Gasteiger partial charge in [0.2, 0.25) is 0 Å². The lowest BCUT2D eigenvalue weighted by Gasteiger charge is -2.19. The van der Waals surface area contributed by atoms with Crippen molar-refractivity contribution < 1.29 is 4.39 Å². The van der Waals surface area contributed by atoms with Crippen LogP contribution in [0.1, 0.15) is 26.2 Å². The molecule has 1 saturated heterocycles. The van der Waals surface area contributed by atoms with E-state index < -0.39 is 5.82 Å². The molecule has 106 valence electrons. The monoisotopic (exact) mass is 304 g/mol. The summed E-state index contributed by atoms with van der Waals surface area (Å²) < 4.78 is 13.4. The first-order chi connectivity index (χ1) is 9.10. The molecular formula is C14H19Cl2FN2. The van der Waals surface area contributed by atoms with Gasteiger partial charge in [-0.25, -0.2) is 4.39 Å². The minimum absolute atomic E-state index is 0.0683. The normalized spacial score (nSPS) is 21.2. The van der Waals surface area contributed by atoms with Crippen LogP contribution in [0.15, 0.2) is 12.1 Å². The van der Waals surface area contributed by atoms with Gasteiger partial charge in [0.05, 0.1) is 10.0 Å². The van der Waals surface area contributed by atoms with E-state index in [1.165, 1.54) is 6.42 Å². The zero-order chi connectivity index (χ0) is 13.8. The zero-order valence-corrected chi connectivity index (χ0v) is 12.6. The summed E-state index contributed by atoms with van der Waals surface area (Å²) in [5.41, 5.74) is 0.798. The lowest BCUT2D eigenvalue weighted by Crippen LogP contribution is -2.26. The Balaban J connectivity index is 2.01. The average Bonchev–Trinajstić information content (AvgIpc) is 2.61. The highest BCUT2D eigenvalue weighted by Gasteiger charge is 2.16. The second-order valence-electron chi connectivity index (χ2n) is 4.96. The van der Waals surface area contributed by atoms with Crippen molar-refractivity contribution in [3.05, 3.63) is 28.0 Å². The number of rotatable bonds is 3. The Morgan fingerprint density at radius 3 is 2.58 bits per heavy atom. The number of hydrogen-bond acceptors (Lipinski definition) is 2. The molecule has 1 aromatic rings. The Kier molecular flexibility index (Phi) is 5.31. The maximum atomic E-state index is 13.4. The summed E-state index contributed by atoms with van der Waals surface area (Å²) in [6.07, 6.45) is 3.37. The number of nitrogens with zero attached hydrogens (tertiary/aromatic N) is 1. The summed E-state index contributed by atoms with van der Waals surface area (Å²) >= 11 is 11.6. The second-order valence-corrected chi connectivity index (χ2v) is 5.77. The third kappa shape index (κ3) is 3.98. The highest BCUT2D eigenvalue weighted by atomic mass is 35.5. The molecule has 1 aromatic carbocycles. The van der Waals surface area contributed by atoms with Gasteiger partial charge in [0.15, 0.2) is 5.82 Å². The predicted octanol–water partition coefficient (Wildman–Crippen LogP) is 4.42. The molecule has 0 aromatic heterocycles. The molecule has 1 aliphatic heterocycles. The first-order valence-corrected chi connectivity index (χ1v) is 7.49. The van der Waals surface area contributed by atoms with E-state index in [4.69, 9.17) is 23.2 Å². The fraction of sp³-hybridized carbons (Fsp3) is 0.571. The van der Waals surface area contributed by atoms with Crippen LogP contribution in [0.2, 0.25) is 10.0 Å². The first-order valence-electron chi connectivity index (χ1n) is 6.73. The number of hydrogen-bond donors (Lipinski definition) is 1. The van der Waals surface area contributed by atoms with E-state index in [9.17, 15) is 4.39 Å². The van der Waals surface area contributed by atoms with Crippen LogP contribution in [-0.2, 0) is 0 Å². The summed E-state index contributed by atoms with van der Waals surface area (Å²) in [5, 5.41) is 3.55. The SMILES string of the molecule is CCN1CCCC(Nc2cc(Cl)c(F)c(Cl)c2)CC1. The van der Waals surface area contributed by atoms with Crippen LogP contribution in [0.5, 0.6) is 0 Å². The highest BCUT2D eigenvalue weighted by molar-refractivity contribution is 6.35. The molecule has 19 heavy (non-hydrogen) atoms. The van der Waals surface area contributed by atoms with Gasteiger partial charge in [0, 0.05) is 18.3 Å². The predicted molar refractivity (Wildman–Crippen MR) is 79.8 cm³/mol. The number of likely N-dealkylation sites (tertiary alicyclic amines) is 1. The number of halogens is 3. The Morgan fingerprint density at radius 1 is 1.26 bits per heavy atom. The van der Waals surface area contributed by atoms with Gasteiger partial charge in [-0.05, 0) is 44.5 Å². The molecule has 0 amide bonds. The Bertz CT molecular complexity index is 416. The Hall–Kier alpha value is -0.510. The molecule has 1 N–H and O–H groups in total. The number of nitrogens with one attached hydrogen (secondary N) is 1. The lowest BCUT2D eigenvalue weighted by molar-refractivity contribution is 0.300. The van der Waals surface area contributed by atoms with Gasteiger partial charge in [0.25, 0.3) is 0 Å². The fourth-order valence-electron chi connectivity index (χ4n) is 2.49. The Labute approximate surface area is 123 Å². The van der Waals surface area contributed by atoms with Crippen molar-refractivity contribution in [1.82, 2.24) is 4.90 Å². The molecule has 0 bridgehead atoms. The van der Waals surface area contributed by atoms with E-state index in [1.807, 2.05) is 0 Å². The van der Waals surface area contributed by atoms with Crippen molar-refractivity contribution >= 4 is 28.9 Å². The summed E-state index contributed by atoms with van der Waals surface area (Å²) in [6, 6.07) is 3.60. The smallest absolute Gasteiger partial charge is 0.160 e. The van der Waals surface area contributed by atoms with Crippen molar-refractivity contribution in [1.29, 1.82) is 0 Å². The molecule has 1 heterocycles. The molecule has 5 heteroatoms. The molecule has 0 radical (unpaired) electrons. The molecular weight excluding hydrogens is 286 g/mol. The van der Waals surface area contributed by atoms with Crippen molar-refractivity contribution in [3.8, 4) is 0 Å². The average molecular weight is 305 g/mol. The van der Waals surface area contributed by atoms with E-state index in [1.54, 1.807) is 12.1 Å². The molecule has 1 aliphatic rings. The second kappa shape index (κ2) is 6.78. The summed E-state index contributed by atoms with van der Waals surface area (Å²) in [7, 11) is 0. The molecule has 1 fully saturated rings. The van der Waals surface area contributed by atoms with Crippen LogP contribution in [0.3, 0.4) is 0 Å². The third-order valence-corrected chi connectivity index (χ3v) is 4.17. The minimum atomic E-state index is -0.549. The molecule has 1 atom stereocenters. The lowest BCUT2D eigenvalue weighted by atomic mass is 10.1. The number of anilines is 1. The summed E-state index contributed by atoms with van der Waals surface area (Å²) in [5.74, 6) is -0.549. The molecule has 2 nitrogen and oxygen atoms in total. The largest absolute Gasteiger partial charge is 0.382 e. The fourth-order valence-corrected chi connectivity index (χ4v) is 2.98. The maximum absolute atomic E-state index is 13.4. The molecule has 0 spiro atoms. The van der Waals surface area contributed by atoms with Crippen molar-refractivity contribution in [2.75, 3.05) is 25.0 Å². The highest BCUT2D eigenvalue weighted by Crippen LogP contribution is 2.28.